The standard InChI is InChI=1S/C28H36N2O5S/c1-20-17-24(21(2)30(20)15-13-22-9-5-4-6-10-22)25(31)18-35-28(33)23-11-7-8-12-26(23)36-19-27(32)29-14-16-34-3/h7-9,11-12,17H,4-6,10,13-16,18-19H2,1-3H3,(H,29,32). The van der Waals surface area contributed by atoms with E-state index in [1.165, 1.54) is 36.6 Å². The molecule has 1 aromatic carbocycles. The lowest BCUT2D eigenvalue weighted by atomic mass is 9.97. The highest BCUT2D eigenvalue weighted by atomic mass is 32.2. The smallest absolute Gasteiger partial charge is 0.339 e. The van der Waals surface area contributed by atoms with Crippen LogP contribution in [-0.2, 0) is 20.8 Å². The van der Waals surface area contributed by atoms with Gasteiger partial charge < -0.3 is 19.4 Å². The van der Waals surface area contributed by atoms with E-state index in [9.17, 15) is 14.4 Å². The molecular weight excluding hydrogens is 476 g/mol. The lowest BCUT2D eigenvalue weighted by Crippen LogP contribution is -2.28. The number of esters is 1. The number of hydrogen-bond acceptors (Lipinski definition) is 6. The Kier molecular flexibility index (Phi) is 10.8. The number of benzene rings is 1. The molecule has 1 aliphatic carbocycles. The average molecular weight is 513 g/mol. The van der Waals surface area contributed by atoms with Crippen molar-refractivity contribution in [3.63, 3.8) is 0 Å². The molecule has 1 aromatic heterocycles. The maximum atomic E-state index is 12.9. The maximum Gasteiger partial charge on any atom is 0.339 e. The number of methoxy groups -OCH3 is 1. The Labute approximate surface area is 217 Å². The highest BCUT2D eigenvalue weighted by molar-refractivity contribution is 8.00. The molecule has 8 heteroatoms. The predicted molar refractivity (Wildman–Crippen MR) is 142 cm³/mol. The summed E-state index contributed by atoms with van der Waals surface area (Å²) in [5, 5.41) is 2.75. The number of nitrogens with zero attached hydrogens (tertiary/aromatic N) is 1. The van der Waals surface area contributed by atoms with E-state index in [0.717, 1.165) is 30.8 Å². The van der Waals surface area contributed by atoms with Gasteiger partial charge in [-0.25, -0.2) is 4.79 Å². The Bertz CT molecular complexity index is 1110. The van der Waals surface area contributed by atoms with E-state index < -0.39 is 5.97 Å². The molecular formula is C28H36N2O5S. The fourth-order valence-corrected chi connectivity index (χ4v) is 5.22. The average Bonchev–Trinajstić information content (AvgIpc) is 3.18. The zero-order valence-corrected chi connectivity index (χ0v) is 22.2. The topological polar surface area (TPSA) is 86.6 Å². The van der Waals surface area contributed by atoms with Crippen molar-refractivity contribution >= 4 is 29.4 Å². The molecule has 3 rings (SSSR count). The second-order valence-corrected chi connectivity index (χ2v) is 9.94. The van der Waals surface area contributed by atoms with Crippen molar-refractivity contribution in [2.75, 3.05) is 32.6 Å². The van der Waals surface area contributed by atoms with Gasteiger partial charge in [0.15, 0.2) is 6.61 Å². The summed E-state index contributed by atoms with van der Waals surface area (Å²) in [6.07, 6.45) is 8.21. The summed E-state index contributed by atoms with van der Waals surface area (Å²) in [4.78, 5) is 38.3. The fourth-order valence-electron chi connectivity index (χ4n) is 4.35. The molecule has 36 heavy (non-hydrogen) atoms. The molecule has 0 bridgehead atoms. The van der Waals surface area contributed by atoms with Crippen molar-refractivity contribution in [1.82, 2.24) is 9.88 Å². The van der Waals surface area contributed by atoms with Crippen molar-refractivity contribution in [2.45, 2.75) is 57.4 Å². The van der Waals surface area contributed by atoms with Crippen molar-refractivity contribution in [3.8, 4) is 0 Å². The molecule has 0 radical (unpaired) electrons. The third kappa shape index (κ3) is 7.83. The molecule has 0 saturated heterocycles. The Morgan fingerprint density at radius 3 is 2.67 bits per heavy atom. The SMILES string of the molecule is COCCNC(=O)CSc1ccccc1C(=O)OCC(=O)c1cc(C)n(CCC2=CCCCC2)c1C. The second kappa shape index (κ2) is 14.0. The summed E-state index contributed by atoms with van der Waals surface area (Å²) >= 11 is 1.25. The number of ether oxygens (including phenoxy) is 2. The molecule has 0 saturated carbocycles. The first-order valence-corrected chi connectivity index (χ1v) is 13.4. The molecule has 194 valence electrons. The third-order valence-electron chi connectivity index (χ3n) is 6.34. The van der Waals surface area contributed by atoms with Gasteiger partial charge >= 0.3 is 5.97 Å². The molecule has 1 N–H and O–H groups in total. The van der Waals surface area contributed by atoms with Gasteiger partial charge in [-0.1, -0.05) is 23.8 Å². The van der Waals surface area contributed by atoms with Crippen LogP contribution in [-0.4, -0.2) is 54.8 Å². The highest BCUT2D eigenvalue weighted by Crippen LogP contribution is 2.25. The quantitative estimate of drug-likeness (QED) is 0.135. The van der Waals surface area contributed by atoms with Crippen LogP contribution in [0.2, 0.25) is 0 Å². The highest BCUT2D eigenvalue weighted by Gasteiger charge is 2.20. The Hall–Kier alpha value is -2.84. The van der Waals surface area contributed by atoms with Gasteiger partial charge in [-0.15, -0.1) is 11.8 Å². The van der Waals surface area contributed by atoms with Crippen molar-refractivity contribution in [3.05, 3.63) is 64.5 Å². The van der Waals surface area contributed by atoms with Gasteiger partial charge in [-0.05, 0) is 64.2 Å². The summed E-state index contributed by atoms with van der Waals surface area (Å²) in [6, 6.07) is 8.82. The fraction of sp³-hybridized carbons (Fsp3) is 0.464. The monoisotopic (exact) mass is 512 g/mol. The number of allylic oxidation sites excluding steroid dienone is 2. The number of aryl methyl sites for hydroxylation is 1. The minimum Gasteiger partial charge on any atom is -0.454 e. The van der Waals surface area contributed by atoms with Crippen molar-refractivity contribution < 1.29 is 23.9 Å². The molecule has 0 aliphatic heterocycles. The Balaban J connectivity index is 1.56. The summed E-state index contributed by atoms with van der Waals surface area (Å²) in [6.45, 7) is 5.34. The first-order valence-electron chi connectivity index (χ1n) is 12.4. The first kappa shape index (κ1) is 27.7. The number of rotatable bonds is 13. The van der Waals surface area contributed by atoms with E-state index in [2.05, 4.69) is 16.0 Å². The van der Waals surface area contributed by atoms with Gasteiger partial charge in [0.2, 0.25) is 11.7 Å². The van der Waals surface area contributed by atoms with Crippen LogP contribution in [0.5, 0.6) is 0 Å². The minimum absolute atomic E-state index is 0.148. The van der Waals surface area contributed by atoms with E-state index in [1.54, 1.807) is 31.4 Å². The molecule has 1 aliphatic rings. The molecule has 1 heterocycles. The number of thioether (sulfide) groups is 1. The molecule has 0 atom stereocenters. The largest absolute Gasteiger partial charge is 0.454 e. The van der Waals surface area contributed by atoms with Crippen molar-refractivity contribution in [1.29, 1.82) is 0 Å². The summed E-state index contributed by atoms with van der Waals surface area (Å²) in [5.41, 5.74) is 4.36. The minimum atomic E-state index is -0.579. The van der Waals surface area contributed by atoms with Crippen LogP contribution in [0, 0.1) is 13.8 Å². The summed E-state index contributed by atoms with van der Waals surface area (Å²) in [7, 11) is 1.57. The summed E-state index contributed by atoms with van der Waals surface area (Å²) < 4.78 is 12.5. The number of Topliss-reactive ketones (excluding diaryl/α,β-unsaturated/α-hetero) is 1. The molecule has 7 nitrogen and oxygen atoms in total. The Morgan fingerprint density at radius 2 is 1.92 bits per heavy atom. The molecule has 0 fully saturated rings. The van der Waals surface area contributed by atoms with Crippen LogP contribution in [0.3, 0.4) is 0 Å². The molecule has 2 aromatic rings. The maximum absolute atomic E-state index is 12.9. The number of carbonyl (C=O) groups excluding carboxylic acids is 3. The van der Waals surface area contributed by atoms with Crippen LogP contribution < -0.4 is 5.32 Å². The van der Waals surface area contributed by atoms with Crippen LogP contribution in [0.1, 0.15) is 64.2 Å². The van der Waals surface area contributed by atoms with E-state index in [0.29, 0.717) is 29.2 Å². The zero-order chi connectivity index (χ0) is 25.9. The Morgan fingerprint density at radius 1 is 1.11 bits per heavy atom. The van der Waals surface area contributed by atoms with Gasteiger partial charge in [-0.2, -0.15) is 0 Å². The van der Waals surface area contributed by atoms with Crippen LogP contribution in [0.4, 0.5) is 0 Å². The second-order valence-electron chi connectivity index (χ2n) is 8.92. The van der Waals surface area contributed by atoms with E-state index >= 15 is 0 Å². The van der Waals surface area contributed by atoms with Gasteiger partial charge in [0, 0.05) is 42.0 Å². The first-order chi connectivity index (χ1) is 17.4. The number of aromatic nitrogens is 1. The molecule has 1 amide bonds. The molecule has 0 spiro atoms. The van der Waals surface area contributed by atoms with Gasteiger partial charge in [-0.3, -0.25) is 9.59 Å². The number of nitrogens with one attached hydrogen (secondary N) is 1. The van der Waals surface area contributed by atoms with E-state index in [-0.39, 0.29) is 24.1 Å². The van der Waals surface area contributed by atoms with Crippen LogP contribution in [0.25, 0.3) is 0 Å². The van der Waals surface area contributed by atoms with Crippen molar-refractivity contribution in [2.24, 2.45) is 0 Å². The number of carbonyl (C=O) groups is 3. The normalized spacial score (nSPS) is 13.2. The lowest BCUT2D eigenvalue weighted by molar-refractivity contribution is -0.118. The number of ketones is 1. The lowest BCUT2D eigenvalue weighted by Gasteiger charge is -2.15. The third-order valence-corrected chi connectivity index (χ3v) is 7.42. The zero-order valence-electron chi connectivity index (χ0n) is 21.4. The molecule has 0 unspecified atom stereocenters. The summed E-state index contributed by atoms with van der Waals surface area (Å²) in [5.74, 6) is -0.785. The van der Waals surface area contributed by atoms with E-state index in [1.807, 2.05) is 19.9 Å². The number of hydrogen-bond donors (Lipinski definition) is 1. The number of amides is 1. The van der Waals surface area contributed by atoms with Gasteiger partial charge in [0.1, 0.15) is 0 Å². The van der Waals surface area contributed by atoms with E-state index in [4.69, 9.17) is 9.47 Å². The van der Waals surface area contributed by atoms with Crippen LogP contribution >= 0.6 is 11.8 Å². The predicted octanol–water partition coefficient (Wildman–Crippen LogP) is 4.89. The van der Waals surface area contributed by atoms with Gasteiger partial charge in [0.05, 0.1) is 17.9 Å². The van der Waals surface area contributed by atoms with Crippen LogP contribution in [0.15, 0.2) is 46.9 Å². The van der Waals surface area contributed by atoms with Gasteiger partial charge in [0.25, 0.3) is 0 Å².